The zero-order valence-corrected chi connectivity index (χ0v) is 13.3. The molecule has 0 amide bonds. The monoisotopic (exact) mass is 356 g/mol. The lowest BCUT2D eigenvalue weighted by Gasteiger charge is -2.09. The van der Waals surface area contributed by atoms with E-state index in [0.29, 0.717) is 0 Å². The van der Waals surface area contributed by atoms with Gasteiger partial charge in [-0.2, -0.15) is 15.0 Å². The summed E-state index contributed by atoms with van der Waals surface area (Å²) in [6.07, 6.45) is 0. The lowest BCUT2D eigenvalue weighted by molar-refractivity contribution is -0.386. The van der Waals surface area contributed by atoms with Crippen LogP contribution in [0.3, 0.4) is 0 Å². The van der Waals surface area contributed by atoms with E-state index < -0.39 is 10.7 Å². The Morgan fingerprint density at radius 2 is 1.92 bits per heavy atom. The number of nitrogens with one attached hydrogen (secondary N) is 1. The van der Waals surface area contributed by atoms with Crippen LogP contribution in [0.15, 0.2) is 48.5 Å². The molecule has 0 aliphatic carbocycles. The number of nitrogen functional groups attached to an aromatic ring is 1. The summed E-state index contributed by atoms with van der Waals surface area (Å²) in [4.78, 5) is 22.3. The fourth-order valence-corrected chi connectivity index (χ4v) is 2.11. The fraction of sp³-hybridized carbons (Fsp3) is 0.0625. The Morgan fingerprint density at radius 1 is 1.15 bits per heavy atom. The average molecular weight is 356 g/mol. The van der Waals surface area contributed by atoms with Gasteiger partial charge in [-0.25, -0.2) is 4.39 Å². The Labute approximate surface area is 146 Å². The van der Waals surface area contributed by atoms with Crippen LogP contribution in [0, 0.1) is 15.9 Å². The molecular weight excluding hydrogens is 343 g/mol. The number of halogens is 1. The standard InChI is InChI=1S/C16H13FN6O3/c17-10-6-7-12(23(24)25)13(8-10)26-9-14-20-15(18)22-16(21-14)19-11-4-2-1-3-5-11/h1-8H,9H2,(H3,18,19,20,21,22). The Hall–Kier alpha value is -3.82. The van der Waals surface area contributed by atoms with Crippen molar-refractivity contribution in [2.45, 2.75) is 6.61 Å². The highest BCUT2D eigenvalue weighted by Gasteiger charge is 2.17. The van der Waals surface area contributed by atoms with Gasteiger partial charge in [-0.3, -0.25) is 10.1 Å². The van der Waals surface area contributed by atoms with Crippen molar-refractivity contribution in [2.75, 3.05) is 11.1 Å². The molecule has 132 valence electrons. The molecule has 26 heavy (non-hydrogen) atoms. The molecule has 10 heteroatoms. The smallest absolute Gasteiger partial charge is 0.311 e. The topological polar surface area (TPSA) is 129 Å². The highest BCUT2D eigenvalue weighted by Crippen LogP contribution is 2.28. The van der Waals surface area contributed by atoms with Crippen molar-refractivity contribution in [3.8, 4) is 5.75 Å². The average Bonchev–Trinajstić information content (AvgIpc) is 2.60. The van der Waals surface area contributed by atoms with Crippen molar-refractivity contribution in [1.82, 2.24) is 15.0 Å². The van der Waals surface area contributed by atoms with E-state index in [0.717, 1.165) is 23.9 Å². The molecule has 0 aliphatic heterocycles. The minimum Gasteiger partial charge on any atom is -0.478 e. The van der Waals surface area contributed by atoms with Crippen molar-refractivity contribution in [2.24, 2.45) is 0 Å². The summed E-state index contributed by atoms with van der Waals surface area (Å²) in [7, 11) is 0. The maximum absolute atomic E-state index is 13.3. The third-order valence-corrected chi connectivity index (χ3v) is 3.20. The zero-order valence-electron chi connectivity index (χ0n) is 13.3. The second-order valence-electron chi connectivity index (χ2n) is 5.08. The van der Waals surface area contributed by atoms with Gasteiger partial charge in [-0.05, 0) is 18.2 Å². The highest BCUT2D eigenvalue weighted by molar-refractivity contribution is 5.53. The van der Waals surface area contributed by atoms with Crippen LogP contribution in [0.5, 0.6) is 5.75 Å². The van der Waals surface area contributed by atoms with Crippen molar-refractivity contribution >= 4 is 23.3 Å². The quantitative estimate of drug-likeness (QED) is 0.509. The Bertz CT molecular complexity index is 939. The van der Waals surface area contributed by atoms with Gasteiger partial charge in [0.1, 0.15) is 12.4 Å². The van der Waals surface area contributed by atoms with Crippen LogP contribution in [0.4, 0.5) is 27.7 Å². The number of nitro benzene ring substituents is 1. The van der Waals surface area contributed by atoms with Crippen LogP contribution >= 0.6 is 0 Å². The molecule has 0 aliphatic rings. The predicted octanol–water partition coefficient (Wildman–Crippen LogP) is 2.82. The van der Waals surface area contributed by atoms with Crippen molar-refractivity contribution < 1.29 is 14.1 Å². The number of hydrogen-bond donors (Lipinski definition) is 2. The SMILES string of the molecule is Nc1nc(COc2cc(F)ccc2[N+](=O)[O-])nc(Nc2ccccc2)n1. The highest BCUT2D eigenvalue weighted by atomic mass is 19.1. The number of benzene rings is 2. The maximum atomic E-state index is 13.3. The van der Waals surface area contributed by atoms with Crippen LogP contribution in [-0.2, 0) is 6.61 Å². The molecule has 3 rings (SSSR count). The molecule has 0 spiro atoms. The first-order valence-corrected chi connectivity index (χ1v) is 7.40. The molecule has 0 saturated carbocycles. The van der Waals surface area contributed by atoms with Gasteiger partial charge in [0, 0.05) is 17.8 Å². The first kappa shape index (κ1) is 17.0. The Balaban J connectivity index is 1.78. The van der Waals surface area contributed by atoms with Gasteiger partial charge in [0.2, 0.25) is 11.9 Å². The summed E-state index contributed by atoms with van der Waals surface area (Å²) < 4.78 is 18.6. The van der Waals surface area contributed by atoms with Crippen molar-refractivity contribution in [3.05, 3.63) is 70.3 Å². The lowest BCUT2D eigenvalue weighted by atomic mass is 10.3. The molecule has 3 N–H and O–H groups in total. The number of ether oxygens (including phenoxy) is 1. The number of rotatable bonds is 6. The summed E-state index contributed by atoms with van der Waals surface area (Å²) in [6, 6.07) is 12.1. The van der Waals surface area contributed by atoms with Gasteiger partial charge in [0.15, 0.2) is 11.6 Å². The van der Waals surface area contributed by atoms with E-state index in [1.54, 1.807) is 0 Å². The molecule has 0 unspecified atom stereocenters. The number of hydrogen-bond acceptors (Lipinski definition) is 8. The molecule has 3 aromatic rings. The van der Waals surface area contributed by atoms with Gasteiger partial charge >= 0.3 is 5.69 Å². The molecule has 0 saturated heterocycles. The molecule has 0 radical (unpaired) electrons. The van der Waals surface area contributed by atoms with Crippen LogP contribution in [0.1, 0.15) is 5.82 Å². The first-order valence-electron chi connectivity index (χ1n) is 7.40. The van der Waals surface area contributed by atoms with Gasteiger partial charge in [-0.1, -0.05) is 18.2 Å². The second-order valence-corrected chi connectivity index (χ2v) is 5.08. The third kappa shape index (κ3) is 4.17. The lowest BCUT2D eigenvalue weighted by Crippen LogP contribution is -2.10. The predicted molar refractivity (Wildman–Crippen MR) is 91.4 cm³/mol. The van der Waals surface area contributed by atoms with E-state index in [9.17, 15) is 14.5 Å². The van der Waals surface area contributed by atoms with Crippen LogP contribution < -0.4 is 15.8 Å². The number of nitrogens with zero attached hydrogens (tertiary/aromatic N) is 4. The Morgan fingerprint density at radius 3 is 2.65 bits per heavy atom. The van der Waals surface area contributed by atoms with Gasteiger partial charge in [-0.15, -0.1) is 0 Å². The summed E-state index contributed by atoms with van der Waals surface area (Å²) in [5.74, 6) is -0.616. The maximum Gasteiger partial charge on any atom is 0.311 e. The molecule has 2 aromatic carbocycles. The molecule has 1 aromatic heterocycles. The fourth-order valence-electron chi connectivity index (χ4n) is 2.11. The molecule has 0 bridgehead atoms. The van der Waals surface area contributed by atoms with Gasteiger partial charge in [0.05, 0.1) is 4.92 Å². The van der Waals surface area contributed by atoms with Crippen LogP contribution in [0.2, 0.25) is 0 Å². The summed E-state index contributed by atoms with van der Waals surface area (Å²) in [6.45, 7) is -0.250. The number of aromatic nitrogens is 3. The number of nitro groups is 1. The van der Waals surface area contributed by atoms with Crippen molar-refractivity contribution in [3.63, 3.8) is 0 Å². The van der Waals surface area contributed by atoms with E-state index in [4.69, 9.17) is 10.5 Å². The summed E-state index contributed by atoms with van der Waals surface area (Å²) in [5.41, 5.74) is 6.03. The normalized spacial score (nSPS) is 10.3. The molecule has 0 fully saturated rings. The van der Waals surface area contributed by atoms with E-state index >= 15 is 0 Å². The van der Waals surface area contributed by atoms with Crippen molar-refractivity contribution in [1.29, 1.82) is 0 Å². The van der Waals surface area contributed by atoms with Crippen LogP contribution in [-0.4, -0.2) is 19.9 Å². The van der Waals surface area contributed by atoms with E-state index in [1.807, 2.05) is 30.3 Å². The first-order chi connectivity index (χ1) is 12.5. The molecule has 9 nitrogen and oxygen atoms in total. The van der Waals surface area contributed by atoms with Gasteiger partial charge in [0.25, 0.3) is 0 Å². The minimum atomic E-state index is -0.668. The number of para-hydroxylation sites is 1. The molecule has 0 atom stereocenters. The van der Waals surface area contributed by atoms with Crippen LogP contribution in [0.25, 0.3) is 0 Å². The Kier molecular flexibility index (Phi) is 4.83. The molecule has 1 heterocycles. The minimum absolute atomic E-state index is 0.0502. The molecular formula is C16H13FN6O3. The summed E-state index contributed by atoms with van der Waals surface area (Å²) >= 11 is 0. The van der Waals surface area contributed by atoms with E-state index in [1.165, 1.54) is 0 Å². The second kappa shape index (κ2) is 7.38. The van der Waals surface area contributed by atoms with E-state index in [2.05, 4.69) is 20.3 Å². The van der Waals surface area contributed by atoms with Gasteiger partial charge < -0.3 is 15.8 Å². The number of anilines is 3. The third-order valence-electron chi connectivity index (χ3n) is 3.20. The zero-order chi connectivity index (χ0) is 18.5. The number of nitrogens with two attached hydrogens (primary N) is 1. The van der Waals surface area contributed by atoms with E-state index in [-0.39, 0.29) is 35.8 Å². The largest absolute Gasteiger partial charge is 0.478 e. The summed E-state index contributed by atoms with van der Waals surface area (Å²) in [5, 5.41) is 13.9.